The Morgan fingerprint density at radius 3 is 2.63 bits per heavy atom. The van der Waals surface area contributed by atoms with Crippen LogP contribution < -0.4 is 0 Å². The first-order valence-electron chi connectivity index (χ1n) is 9.47. The van der Waals surface area contributed by atoms with Crippen molar-refractivity contribution in [3.05, 3.63) is 52.8 Å². The normalized spacial score (nSPS) is 19.9. The highest BCUT2D eigenvalue weighted by Crippen LogP contribution is 2.34. The zero-order chi connectivity index (χ0) is 19.4. The average molecular weight is 369 g/mol. The minimum Gasteiger partial charge on any atom is -0.481 e. The van der Waals surface area contributed by atoms with E-state index in [2.05, 4.69) is 10.2 Å². The van der Waals surface area contributed by atoms with E-state index in [0.717, 1.165) is 22.5 Å². The zero-order valence-electron chi connectivity index (χ0n) is 16.0. The van der Waals surface area contributed by atoms with Gasteiger partial charge in [-0.15, -0.1) is 0 Å². The molecule has 6 nitrogen and oxygen atoms in total. The molecule has 1 aromatic carbocycles. The lowest BCUT2D eigenvalue weighted by Gasteiger charge is -2.40. The Morgan fingerprint density at radius 1 is 1.26 bits per heavy atom. The van der Waals surface area contributed by atoms with Gasteiger partial charge in [-0.05, 0) is 50.7 Å². The van der Waals surface area contributed by atoms with Gasteiger partial charge in [0.05, 0.1) is 11.1 Å². The second kappa shape index (κ2) is 7.94. The van der Waals surface area contributed by atoms with Gasteiger partial charge in [0.15, 0.2) is 0 Å². The number of piperidine rings is 1. The summed E-state index contributed by atoms with van der Waals surface area (Å²) >= 11 is 0. The van der Waals surface area contributed by atoms with Crippen LogP contribution in [0.4, 0.5) is 0 Å². The molecular weight excluding hydrogens is 342 g/mol. The number of amides is 1. The first kappa shape index (κ1) is 19.1. The van der Waals surface area contributed by atoms with E-state index in [1.807, 2.05) is 44.2 Å². The number of aliphatic carboxylic acids is 1. The molecule has 0 saturated carbocycles. The third kappa shape index (κ3) is 4.21. The van der Waals surface area contributed by atoms with Crippen molar-refractivity contribution in [2.45, 2.75) is 46.0 Å². The van der Waals surface area contributed by atoms with Gasteiger partial charge in [0.2, 0.25) is 5.91 Å². The fourth-order valence-electron chi connectivity index (χ4n) is 4.06. The average Bonchev–Trinajstić information content (AvgIpc) is 2.98. The van der Waals surface area contributed by atoms with Gasteiger partial charge in [0, 0.05) is 25.2 Å². The number of aromatic amines is 1. The number of nitrogens with zero attached hydrogens (tertiary/aromatic N) is 2. The number of carboxylic acids is 1. The van der Waals surface area contributed by atoms with Crippen LogP contribution in [0, 0.1) is 19.3 Å². The van der Waals surface area contributed by atoms with Gasteiger partial charge < -0.3 is 10.0 Å². The highest BCUT2D eigenvalue weighted by Gasteiger charge is 2.43. The van der Waals surface area contributed by atoms with E-state index in [9.17, 15) is 14.7 Å². The summed E-state index contributed by atoms with van der Waals surface area (Å²) in [6.07, 6.45) is 2.77. The summed E-state index contributed by atoms with van der Waals surface area (Å²) in [5.41, 5.74) is 3.08. The summed E-state index contributed by atoms with van der Waals surface area (Å²) in [5, 5.41) is 17.1. The first-order valence-corrected chi connectivity index (χ1v) is 9.47. The number of H-pyrrole nitrogens is 1. The highest BCUT2D eigenvalue weighted by atomic mass is 16.4. The summed E-state index contributed by atoms with van der Waals surface area (Å²) in [5.74, 6) is -0.793. The second-order valence-electron chi connectivity index (χ2n) is 7.58. The lowest BCUT2D eigenvalue weighted by atomic mass is 9.75. The van der Waals surface area contributed by atoms with Gasteiger partial charge in [-0.3, -0.25) is 14.7 Å². The molecule has 27 heavy (non-hydrogen) atoms. The van der Waals surface area contributed by atoms with Crippen molar-refractivity contribution >= 4 is 11.9 Å². The fraction of sp³-hybridized carbons (Fsp3) is 0.476. The predicted molar refractivity (Wildman–Crippen MR) is 102 cm³/mol. The van der Waals surface area contributed by atoms with E-state index in [0.29, 0.717) is 38.6 Å². The molecule has 0 unspecified atom stereocenters. The number of benzene rings is 1. The number of carbonyl (C=O) groups excluding carboxylic acids is 1. The second-order valence-corrected chi connectivity index (χ2v) is 7.58. The summed E-state index contributed by atoms with van der Waals surface area (Å²) in [7, 11) is 0. The van der Waals surface area contributed by atoms with Crippen LogP contribution in [0.15, 0.2) is 30.3 Å². The Balaban J connectivity index is 1.69. The molecule has 1 fully saturated rings. The number of hydrogen-bond donors (Lipinski definition) is 2. The lowest BCUT2D eigenvalue weighted by Crippen LogP contribution is -2.51. The quantitative estimate of drug-likeness (QED) is 0.820. The van der Waals surface area contributed by atoms with E-state index >= 15 is 0 Å². The van der Waals surface area contributed by atoms with E-state index in [4.69, 9.17) is 0 Å². The van der Waals surface area contributed by atoms with Crippen molar-refractivity contribution in [3.63, 3.8) is 0 Å². The first-order chi connectivity index (χ1) is 12.9. The van der Waals surface area contributed by atoms with Crippen LogP contribution in [-0.4, -0.2) is 45.2 Å². The summed E-state index contributed by atoms with van der Waals surface area (Å²) < 4.78 is 0. The van der Waals surface area contributed by atoms with Gasteiger partial charge in [0.25, 0.3) is 0 Å². The Labute approximate surface area is 159 Å². The SMILES string of the molecule is Cc1n[nH]c(C)c1CCC(=O)N1CCC[C@@](Cc2ccccc2)(C(=O)O)C1. The van der Waals surface area contributed by atoms with Gasteiger partial charge in [-0.1, -0.05) is 30.3 Å². The van der Waals surface area contributed by atoms with Crippen molar-refractivity contribution < 1.29 is 14.7 Å². The number of likely N-dealkylation sites (tertiary alicyclic amines) is 1. The van der Waals surface area contributed by atoms with Gasteiger partial charge in [0.1, 0.15) is 0 Å². The number of aromatic nitrogens is 2. The lowest BCUT2D eigenvalue weighted by molar-refractivity contribution is -0.155. The predicted octanol–water partition coefficient (Wildman–Crippen LogP) is 2.90. The van der Waals surface area contributed by atoms with Crippen molar-refractivity contribution in [2.24, 2.45) is 5.41 Å². The molecule has 3 rings (SSSR count). The van der Waals surface area contributed by atoms with E-state index in [1.54, 1.807) is 4.90 Å². The molecule has 1 amide bonds. The minimum absolute atomic E-state index is 0.0217. The Bertz CT molecular complexity index is 796. The number of nitrogens with one attached hydrogen (secondary N) is 1. The largest absolute Gasteiger partial charge is 0.481 e. The maximum Gasteiger partial charge on any atom is 0.311 e. The zero-order valence-corrected chi connectivity index (χ0v) is 16.0. The molecule has 0 spiro atoms. The fourth-order valence-corrected chi connectivity index (χ4v) is 4.06. The van der Waals surface area contributed by atoms with Gasteiger partial charge in [-0.2, -0.15) is 5.10 Å². The number of aryl methyl sites for hydroxylation is 2. The topological polar surface area (TPSA) is 86.3 Å². The summed E-state index contributed by atoms with van der Waals surface area (Å²) in [6, 6.07) is 9.68. The van der Waals surface area contributed by atoms with Crippen molar-refractivity contribution in [1.29, 1.82) is 0 Å². The molecule has 1 atom stereocenters. The van der Waals surface area contributed by atoms with Crippen LogP contribution in [0.2, 0.25) is 0 Å². The Kier molecular flexibility index (Phi) is 5.63. The number of rotatable bonds is 6. The van der Waals surface area contributed by atoms with Crippen LogP contribution in [0.25, 0.3) is 0 Å². The maximum atomic E-state index is 12.8. The van der Waals surface area contributed by atoms with Crippen LogP contribution in [-0.2, 0) is 22.4 Å². The summed E-state index contributed by atoms with van der Waals surface area (Å²) in [6.45, 7) is 4.79. The molecule has 2 heterocycles. The molecular formula is C21H27N3O3. The molecule has 144 valence electrons. The molecule has 1 saturated heterocycles. The summed E-state index contributed by atoms with van der Waals surface area (Å²) in [4.78, 5) is 26.7. The third-order valence-corrected chi connectivity index (χ3v) is 5.64. The number of carboxylic acid groups (broad SMARTS) is 1. The smallest absolute Gasteiger partial charge is 0.311 e. The van der Waals surface area contributed by atoms with Crippen LogP contribution in [0.1, 0.15) is 41.8 Å². The molecule has 1 aromatic heterocycles. The van der Waals surface area contributed by atoms with E-state index in [1.165, 1.54) is 0 Å². The maximum absolute atomic E-state index is 12.8. The van der Waals surface area contributed by atoms with E-state index in [-0.39, 0.29) is 12.5 Å². The van der Waals surface area contributed by atoms with Gasteiger partial charge in [-0.25, -0.2) is 0 Å². The van der Waals surface area contributed by atoms with Crippen LogP contribution in [0.3, 0.4) is 0 Å². The van der Waals surface area contributed by atoms with Crippen LogP contribution >= 0.6 is 0 Å². The standard InChI is InChI=1S/C21H27N3O3/c1-15-18(16(2)23-22-15)9-10-19(25)24-12-6-11-21(14-24,20(26)27)13-17-7-4-3-5-8-17/h3-5,7-8H,6,9-14H2,1-2H3,(H,22,23)(H,26,27)/t21-/m0/s1. The van der Waals surface area contributed by atoms with Crippen LogP contribution in [0.5, 0.6) is 0 Å². The molecule has 1 aliphatic rings. The Morgan fingerprint density at radius 2 is 2.00 bits per heavy atom. The molecule has 6 heteroatoms. The number of carbonyl (C=O) groups is 2. The van der Waals surface area contributed by atoms with Crippen molar-refractivity contribution in [3.8, 4) is 0 Å². The molecule has 0 radical (unpaired) electrons. The van der Waals surface area contributed by atoms with E-state index < -0.39 is 11.4 Å². The Hall–Kier alpha value is -2.63. The molecule has 0 aliphatic carbocycles. The molecule has 2 aromatic rings. The van der Waals surface area contributed by atoms with Crippen molar-refractivity contribution in [2.75, 3.05) is 13.1 Å². The molecule has 0 bridgehead atoms. The minimum atomic E-state index is -0.906. The number of hydrogen-bond acceptors (Lipinski definition) is 3. The third-order valence-electron chi connectivity index (χ3n) is 5.64. The monoisotopic (exact) mass is 369 g/mol. The molecule has 2 N–H and O–H groups in total. The van der Waals surface area contributed by atoms with Gasteiger partial charge >= 0.3 is 5.97 Å². The molecule has 1 aliphatic heterocycles. The highest BCUT2D eigenvalue weighted by molar-refractivity contribution is 5.80. The van der Waals surface area contributed by atoms with Crippen molar-refractivity contribution in [1.82, 2.24) is 15.1 Å².